The second-order valence-corrected chi connectivity index (χ2v) is 8.53. The van der Waals surface area contributed by atoms with E-state index < -0.39 is 17.5 Å². The van der Waals surface area contributed by atoms with Crippen molar-refractivity contribution >= 4 is 12.2 Å². The molecule has 5 rings (SSSR count). The number of aromatic nitrogens is 2. The second kappa shape index (κ2) is 7.68. The van der Waals surface area contributed by atoms with Crippen molar-refractivity contribution in [2.75, 3.05) is 27.5 Å². The summed E-state index contributed by atoms with van der Waals surface area (Å²) < 4.78 is 18.4. The topological polar surface area (TPSA) is 93.0 Å². The predicted molar refractivity (Wildman–Crippen MR) is 118 cm³/mol. The smallest absolute Gasteiger partial charge is 0.260 e. The van der Waals surface area contributed by atoms with Crippen LogP contribution in [0.2, 0.25) is 0 Å². The summed E-state index contributed by atoms with van der Waals surface area (Å²) in [5.41, 5.74) is 3.05. The molecule has 3 aromatic rings. The molecule has 2 N–H and O–H groups in total. The average Bonchev–Trinajstić information content (AvgIpc) is 3.23. The number of likely N-dealkylation sites (N-methyl/N-ethyl adjacent to an activating group) is 1. The molecule has 0 saturated carbocycles. The summed E-state index contributed by atoms with van der Waals surface area (Å²) in [4.78, 5) is 16.9. The Morgan fingerprint density at radius 1 is 1.25 bits per heavy atom. The third kappa shape index (κ3) is 3.08. The number of hydrogen-bond donors (Lipinski definition) is 2. The summed E-state index contributed by atoms with van der Waals surface area (Å²) in [6.45, 7) is 2.81. The van der Waals surface area contributed by atoms with Gasteiger partial charge in [-0.2, -0.15) is 0 Å². The first-order chi connectivity index (χ1) is 15.4. The maximum Gasteiger partial charge on any atom is 0.260 e. The van der Waals surface area contributed by atoms with Crippen LogP contribution in [0.1, 0.15) is 28.3 Å². The second-order valence-electron chi connectivity index (χ2n) is 8.14. The fourth-order valence-corrected chi connectivity index (χ4v) is 4.91. The summed E-state index contributed by atoms with van der Waals surface area (Å²) in [5.74, 6) is 1.19. The van der Waals surface area contributed by atoms with Crippen LogP contribution in [0.5, 0.6) is 23.1 Å². The first kappa shape index (κ1) is 20.6. The zero-order chi connectivity index (χ0) is 22.6. The number of nitrogens with one attached hydrogen (secondary N) is 2. The number of ether oxygens (including phenoxy) is 3. The van der Waals surface area contributed by atoms with Gasteiger partial charge in [-0.3, -0.25) is 9.78 Å². The Morgan fingerprint density at radius 2 is 2.00 bits per heavy atom. The van der Waals surface area contributed by atoms with Crippen LogP contribution in [0.15, 0.2) is 35.1 Å². The first-order valence-corrected chi connectivity index (χ1v) is 10.8. The van der Waals surface area contributed by atoms with Gasteiger partial charge in [0.25, 0.3) is 5.56 Å². The van der Waals surface area contributed by atoms with Gasteiger partial charge in [0.15, 0.2) is 16.3 Å². The van der Waals surface area contributed by atoms with Gasteiger partial charge in [-0.1, -0.05) is 17.7 Å². The van der Waals surface area contributed by atoms with E-state index in [0.717, 1.165) is 34.6 Å². The number of quaternary nitrogens is 1. The highest BCUT2D eigenvalue weighted by Crippen LogP contribution is 2.48. The van der Waals surface area contributed by atoms with Crippen LogP contribution in [0.4, 0.5) is 0 Å². The summed E-state index contributed by atoms with van der Waals surface area (Å²) in [6.07, 6.45) is 0.758. The maximum atomic E-state index is 13.8. The third-order valence-electron chi connectivity index (χ3n) is 6.20. The molecular weight excluding hydrogens is 430 g/mol. The Bertz CT molecular complexity index is 1330. The van der Waals surface area contributed by atoms with Crippen molar-refractivity contribution in [1.29, 1.82) is 0 Å². The lowest BCUT2D eigenvalue weighted by Gasteiger charge is -2.35. The number of fused-ring (bicyclic) bond motifs is 2. The molecule has 9 heteroatoms. The SMILES string of the molecule is COc1c2c(cc3c1[C@H](c1c([O-])n(-c4ccc(C)cc4)c(=S)[nH]c1=O)[NH+](C)CC3)OCO2. The molecule has 2 atom stereocenters. The Kier molecular flexibility index (Phi) is 4.94. The molecule has 2 aliphatic heterocycles. The van der Waals surface area contributed by atoms with Crippen LogP contribution in [-0.2, 0) is 6.42 Å². The molecule has 0 saturated heterocycles. The molecule has 1 unspecified atom stereocenters. The fraction of sp³-hybridized carbons (Fsp3) is 0.304. The van der Waals surface area contributed by atoms with E-state index in [1.54, 1.807) is 7.11 Å². The van der Waals surface area contributed by atoms with Crippen molar-refractivity contribution in [3.05, 3.63) is 67.7 Å². The number of hydrogen-bond acceptors (Lipinski definition) is 6. The molecule has 166 valence electrons. The van der Waals surface area contributed by atoms with Crippen LogP contribution >= 0.6 is 12.2 Å². The third-order valence-corrected chi connectivity index (χ3v) is 6.49. The van der Waals surface area contributed by atoms with Crippen LogP contribution in [0.25, 0.3) is 5.69 Å². The lowest BCUT2D eigenvalue weighted by atomic mass is 9.87. The van der Waals surface area contributed by atoms with Crippen molar-refractivity contribution < 1.29 is 24.2 Å². The molecule has 0 bridgehead atoms. The molecule has 0 fully saturated rings. The van der Waals surface area contributed by atoms with Crippen molar-refractivity contribution in [2.24, 2.45) is 0 Å². The molecule has 0 amide bonds. The highest BCUT2D eigenvalue weighted by atomic mass is 32.1. The minimum atomic E-state index is -0.549. The largest absolute Gasteiger partial charge is 0.859 e. The van der Waals surface area contributed by atoms with Crippen molar-refractivity contribution in [3.8, 4) is 28.8 Å². The number of methoxy groups -OCH3 is 1. The number of aryl methyl sites for hydroxylation is 1. The lowest BCUT2D eigenvalue weighted by Crippen LogP contribution is -3.10. The quantitative estimate of drug-likeness (QED) is 0.579. The minimum absolute atomic E-state index is 0.0685. The van der Waals surface area contributed by atoms with Crippen LogP contribution < -0.4 is 29.8 Å². The van der Waals surface area contributed by atoms with Crippen LogP contribution in [0.3, 0.4) is 0 Å². The molecule has 8 nitrogen and oxygen atoms in total. The summed E-state index contributed by atoms with van der Waals surface area (Å²) >= 11 is 5.36. The Balaban J connectivity index is 1.78. The average molecular weight is 454 g/mol. The number of benzene rings is 2. The van der Waals surface area contributed by atoms with E-state index in [1.807, 2.05) is 44.3 Å². The number of nitrogens with zero attached hydrogens (tertiary/aromatic N) is 1. The molecule has 32 heavy (non-hydrogen) atoms. The van der Waals surface area contributed by atoms with Gasteiger partial charge in [0, 0.05) is 12.1 Å². The van der Waals surface area contributed by atoms with Gasteiger partial charge in [0.2, 0.25) is 12.5 Å². The zero-order valence-electron chi connectivity index (χ0n) is 18.0. The van der Waals surface area contributed by atoms with Crippen molar-refractivity contribution in [2.45, 2.75) is 19.4 Å². The maximum absolute atomic E-state index is 13.8. The molecule has 3 heterocycles. The number of aromatic amines is 1. The normalized spacial score (nSPS) is 19.0. The van der Waals surface area contributed by atoms with Crippen molar-refractivity contribution in [1.82, 2.24) is 9.55 Å². The van der Waals surface area contributed by atoms with E-state index in [2.05, 4.69) is 4.98 Å². The van der Waals surface area contributed by atoms with Gasteiger partial charge >= 0.3 is 0 Å². The molecule has 1 aromatic heterocycles. The number of rotatable bonds is 3. The van der Waals surface area contributed by atoms with Crippen LogP contribution in [0, 0.1) is 11.7 Å². The zero-order valence-corrected chi connectivity index (χ0v) is 18.8. The lowest BCUT2D eigenvalue weighted by molar-refractivity contribution is -0.908. The molecule has 0 spiro atoms. The summed E-state index contributed by atoms with van der Waals surface area (Å²) in [5, 5.41) is 13.8. The van der Waals surface area contributed by atoms with Gasteiger partial charge < -0.3 is 28.8 Å². The molecule has 0 radical (unpaired) electrons. The van der Waals surface area contributed by atoms with E-state index in [4.69, 9.17) is 26.4 Å². The fourth-order valence-electron chi connectivity index (χ4n) is 4.63. The molecular formula is C23H23N3O5S. The molecule has 2 aliphatic rings. The first-order valence-electron chi connectivity index (χ1n) is 10.4. The monoisotopic (exact) mass is 453 g/mol. The van der Waals surface area contributed by atoms with E-state index >= 15 is 0 Å². The van der Waals surface area contributed by atoms with Crippen LogP contribution in [-0.4, -0.2) is 37.0 Å². The standard InChI is InChI=1S/C23H23N3O5S/c1-12-4-6-14(7-5-12)26-22(28)17(21(27)24-23(26)32)18-16-13(8-9-25(18)2)10-15-19(20(16)29-3)31-11-30-15/h4-7,10,18,28H,8-9,11H2,1-3H3,(H,24,27,32)/t18-/m1/s1. The summed E-state index contributed by atoms with van der Waals surface area (Å²) in [6, 6.07) is 8.81. The molecule has 2 aromatic carbocycles. The highest BCUT2D eigenvalue weighted by Gasteiger charge is 2.39. The van der Waals surface area contributed by atoms with Gasteiger partial charge in [-0.25, -0.2) is 0 Å². The van der Waals surface area contributed by atoms with E-state index in [9.17, 15) is 9.90 Å². The van der Waals surface area contributed by atoms with Gasteiger partial charge in [0.05, 0.1) is 31.8 Å². The Morgan fingerprint density at radius 3 is 2.72 bits per heavy atom. The van der Waals surface area contributed by atoms with Gasteiger partial charge in [-0.15, -0.1) is 0 Å². The van der Waals surface area contributed by atoms with Gasteiger partial charge in [-0.05, 0) is 48.8 Å². The van der Waals surface area contributed by atoms with E-state index in [0.29, 0.717) is 22.9 Å². The minimum Gasteiger partial charge on any atom is -0.859 e. The number of H-pyrrole nitrogens is 1. The van der Waals surface area contributed by atoms with E-state index in [1.165, 1.54) is 4.57 Å². The highest BCUT2D eigenvalue weighted by molar-refractivity contribution is 7.71. The molecule has 0 aliphatic carbocycles. The predicted octanol–water partition coefficient (Wildman–Crippen LogP) is 1.17. The van der Waals surface area contributed by atoms with Crippen molar-refractivity contribution in [3.63, 3.8) is 0 Å². The summed E-state index contributed by atoms with van der Waals surface area (Å²) in [7, 11) is 3.52. The van der Waals surface area contributed by atoms with E-state index in [-0.39, 0.29) is 17.1 Å². The van der Waals surface area contributed by atoms with Gasteiger partial charge in [0.1, 0.15) is 6.04 Å². The Hall–Kier alpha value is -3.30. The Labute approximate surface area is 189 Å².